The van der Waals surface area contributed by atoms with Crippen LogP contribution in [0.4, 0.5) is 11.4 Å². The smallest absolute Gasteiger partial charge is 0.293 e. The summed E-state index contributed by atoms with van der Waals surface area (Å²) in [5.74, 6) is 0. The lowest BCUT2D eigenvalue weighted by molar-refractivity contribution is -0.384. The number of nitro groups is 1. The molecule has 1 aliphatic rings. The van der Waals surface area contributed by atoms with E-state index >= 15 is 0 Å². The van der Waals surface area contributed by atoms with Crippen LogP contribution in [0.15, 0.2) is 22.7 Å². The van der Waals surface area contributed by atoms with Crippen LogP contribution in [0, 0.1) is 10.1 Å². The Balaban J connectivity index is 2.12. The zero-order valence-corrected chi connectivity index (χ0v) is 11.2. The Bertz CT molecular complexity index is 455. The second-order valence-corrected chi connectivity index (χ2v) is 5.20. The number of nitrogens with zero attached hydrogens (tertiary/aromatic N) is 1. The van der Waals surface area contributed by atoms with Gasteiger partial charge in [0.2, 0.25) is 0 Å². The normalized spacial score (nSPS) is 23.0. The van der Waals surface area contributed by atoms with Gasteiger partial charge in [-0.3, -0.25) is 10.1 Å². The van der Waals surface area contributed by atoms with Crippen molar-refractivity contribution in [2.24, 2.45) is 0 Å². The highest BCUT2D eigenvalue weighted by Gasteiger charge is 2.25. The van der Waals surface area contributed by atoms with Crippen molar-refractivity contribution in [2.75, 3.05) is 18.5 Å². The Morgan fingerprint density at radius 3 is 3.00 bits per heavy atom. The molecule has 6 nitrogen and oxygen atoms in total. The van der Waals surface area contributed by atoms with Gasteiger partial charge >= 0.3 is 0 Å². The van der Waals surface area contributed by atoms with E-state index in [1.54, 1.807) is 12.1 Å². The monoisotopic (exact) mass is 315 g/mol. The van der Waals surface area contributed by atoms with Crippen molar-refractivity contribution < 1.29 is 10.0 Å². The Hall–Kier alpha value is -1.18. The fraction of sp³-hybridized carbons (Fsp3) is 0.455. The van der Waals surface area contributed by atoms with Crippen LogP contribution in [-0.2, 0) is 0 Å². The van der Waals surface area contributed by atoms with E-state index in [1.807, 2.05) is 0 Å². The van der Waals surface area contributed by atoms with E-state index in [2.05, 4.69) is 26.6 Å². The first kappa shape index (κ1) is 13.3. The molecule has 0 aliphatic carbocycles. The molecule has 0 radical (unpaired) electrons. The van der Waals surface area contributed by atoms with Crippen molar-refractivity contribution >= 4 is 27.3 Å². The number of anilines is 1. The predicted octanol–water partition coefficient (Wildman–Crippen LogP) is 1.49. The molecule has 1 aliphatic heterocycles. The topological polar surface area (TPSA) is 87.4 Å². The highest BCUT2D eigenvalue weighted by molar-refractivity contribution is 9.10. The molecule has 0 amide bonds. The summed E-state index contributed by atoms with van der Waals surface area (Å²) in [5, 5.41) is 26.3. The van der Waals surface area contributed by atoms with Crippen LogP contribution in [0.25, 0.3) is 0 Å². The van der Waals surface area contributed by atoms with Gasteiger partial charge in [-0.25, -0.2) is 0 Å². The number of benzene rings is 1. The molecule has 18 heavy (non-hydrogen) atoms. The number of rotatable bonds is 4. The molecule has 2 unspecified atom stereocenters. The minimum Gasteiger partial charge on any atom is -0.395 e. The van der Waals surface area contributed by atoms with E-state index in [0.717, 1.165) is 6.42 Å². The predicted molar refractivity (Wildman–Crippen MR) is 71.7 cm³/mol. The molecule has 98 valence electrons. The molecule has 2 rings (SSSR count). The number of aliphatic hydroxyl groups is 1. The average Bonchev–Trinajstić information content (AvgIpc) is 2.79. The molecule has 1 aromatic rings. The zero-order chi connectivity index (χ0) is 13.1. The Labute approximate surface area is 113 Å². The zero-order valence-electron chi connectivity index (χ0n) is 9.60. The van der Waals surface area contributed by atoms with Crippen LogP contribution in [0.2, 0.25) is 0 Å². The molecule has 3 N–H and O–H groups in total. The fourth-order valence-corrected chi connectivity index (χ4v) is 2.41. The number of aliphatic hydroxyl groups excluding tert-OH is 1. The van der Waals surface area contributed by atoms with Crippen LogP contribution in [0.5, 0.6) is 0 Å². The summed E-state index contributed by atoms with van der Waals surface area (Å²) >= 11 is 3.22. The Kier molecular flexibility index (Phi) is 4.15. The van der Waals surface area contributed by atoms with E-state index in [4.69, 9.17) is 5.11 Å². The quantitative estimate of drug-likeness (QED) is 0.579. The Morgan fingerprint density at radius 2 is 2.39 bits per heavy atom. The van der Waals surface area contributed by atoms with E-state index in [0.29, 0.717) is 16.7 Å². The summed E-state index contributed by atoms with van der Waals surface area (Å²) in [6.07, 6.45) is 0.754. The summed E-state index contributed by atoms with van der Waals surface area (Å²) in [6.45, 7) is 0.777. The van der Waals surface area contributed by atoms with Gasteiger partial charge in [0.15, 0.2) is 0 Å². The van der Waals surface area contributed by atoms with Gasteiger partial charge in [0.05, 0.1) is 11.5 Å². The minimum atomic E-state index is -0.404. The maximum atomic E-state index is 11.0. The lowest BCUT2D eigenvalue weighted by Gasteiger charge is -2.13. The third-order valence-corrected chi connectivity index (χ3v) is 3.45. The molecule has 1 aromatic carbocycles. The van der Waals surface area contributed by atoms with Gasteiger partial charge < -0.3 is 15.7 Å². The van der Waals surface area contributed by atoms with Gasteiger partial charge in [0.1, 0.15) is 5.69 Å². The number of nitro benzene ring substituents is 1. The van der Waals surface area contributed by atoms with Gasteiger partial charge in [-0.2, -0.15) is 0 Å². The largest absolute Gasteiger partial charge is 0.395 e. The van der Waals surface area contributed by atoms with Crippen molar-refractivity contribution in [2.45, 2.75) is 18.5 Å². The van der Waals surface area contributed by atoms with Gasteiger partial charge in [-0.15, -0.1) is 0 Å². The van der Waals surface area contributed by atoms with E-state index in [9.17, 15) is 10.1 Å². The molecule has 0 spiro atoms. The Morgan fingerprint density at radius 1 is 1.61 bits per heavy atom. The van der Waals surface area contributed by atoms with Crippen LogP contribution in [-0.4, -0.2) is 35.3 Å². The molecule has 1 fully saturated rings. The summed E-state index contributed by atoms with van der Waals surface area (Å²) in [5.41, 5.74) is 0.561. The van der Waals surface area contributed by atoms with E-state index < -0.39 is 4.92 Å². The van der Waals surface area contributed by atoms with Gasteiger partial charge in [0.25, 0.3) is 5.69 Å². The standard InChI is InChI=1S/C11H14BrN3O3/c12-7-1-2-10(11(3-7)15(17)18)14-8-4-9(6-16)13-5-8/h1-3,8-9,13-14,16H,4-6H2. The first-order valence-electron chi connectivity index (χ1n) is 5.65. The van der Waals surface area contributed by atoms with Gasteiger partial charge in [-0.1, -0.05) is 15.9 Å². The van der Waals surface area contributed by atoms with E-state index in [1.165, 1.54) is 6.07 Å². The second kappa shape index (κ2) is 5.64. The third-order valence-electron chi connectivity index (χ3n) is 2.96. The van der Waals surface area contributed by atoms with E-state index in [-0.39, 0.29) is 24.4 Å². The maximum absolute atomic E-state index is 11.0. The molecular formula is C11H14BrN3O3. The number of halogens is 1. The van der Waals surface area contributed by atoms with Gasteiger partial charge in [-0.05, 0) is 18.6 Å². The summed E-state index contributed by atoms with van der Waals surface area (Å²) in [6, 6.07) is 5.10. The molecule has 7 heteroatoms. The highest BCUT2D eigenvalue weighted by Crippen LogP contribution is 2.29. The molecule has 1 heterocycles. The van der Waals surface area contributed by atoms with Crippen LogP contribution in [0.3, 0.4) is 0 Å². The second-order valence-electron chi connectivity index (χ2n) is 4.28. The van der Waals surface area contributed by atoms with Crippen LogP contribution < -0.4 is 10.6 Å². The lowest BCUT2D eigenvalue weighted by atomic mass is 10.1. The molecule has 0 bridgehead atoms. The van der Waals surface area contributed by atoms with Crippen molar-refractivity contribution in [1.82, 2.24) is 5.32 Å². The summed E-state index contributed by atoms with van der Waals surface area (Å²) in [4.78, 5) is 10.6. The molecule has 2 atom stereocenters. The first-order valence-corrected chi connectivity index (χ1v) is 6.44. The maximum Gasteiger partial charge on any atom is 0.293 e. The first-order chi connectivity index (χ1) is 8.60. The van der Waals surface area contributed by atoms with Crippen molar-refractivity contribution in [3.63, 3.8) is 0 Å². The van der Waals surface area contributed by atoms with Crippen molar-refractivity contribution in [3.05, 3.63) is 32.8 Å². The number of hydrogen-bond donors (Lipinski definition) is 3. The lowest BCUT2D eigenvalue weighted by Crippen LogP contribution is -2.25. The van der Waals surface area contributed by atoms with Crippen molar-refractivity contribution in [3.8, 4) is 0 Å². The number of nitrogens with one attached hydrogen (secondary N) is 2. The molecule has 1 saturated heterocycles. The minimum absolute atomic E-state index is 0.0526. The molecule has 0 aromatic heterocycles. The van der Waals surface area contributed by atoms with Crippen LogP contribution >= 0.6 is 15.9 Å². The summed E-state index contributed by atoms with van der Waals surface area (Å²) < 4.78 is 0.678. The highest BCUT2D eigenvalue weighted by atomic mass is 79.9. The van der Waals surface area contributed by atoms with Crippen molar-refractivity contribution in [1.29, 1.82) is 0 Å². The molecular weight excluding hydrogens is 302 g/mol. The summed E-state index contributed by atoms with van der Waals surface area (Å²) in [7, 11) is 0. The fourth-order valence-electron chi connectivity index (χ4n) is 2.07. The van der Waals surface area contributed by atoms with Crippen LogP contribution in [0.1, 0.15) is 6.42 Å². The average molecular weight is 316 g/mol. The van der Waals surface area contributed by atoms with Gasteiger partial charge in [0, 0.05) is 29.2 Å². The SMILES string of the molecule is O=[N+]([O-])c1cc(Br)ccc1NC1CNC(CO)C1. The third kappa shape index (κ3) is 2.98. The molecule has 0 saturated carbocycles. The number of hydrogen-bond acceptors (Lipinski definition) is 5.